The van der Waals surface area contributed by atoms with Crippen LogP contribution in [0.25, 0.3) is 0 Å². The highest BCUT2D eigenvalue weighted by Crippen LogP contribution is 2.36. The number of rotatable bonds is 0. The van der Waals surface area contributed by atoms with Gasteiger partial charge in [0.2, 0.25) is 0 Å². The second kappa shape index (κ2) is 3.36. The summed E-state index contributed by atoms with van der Waals surface area (Å²) in [5.74, 6) is 0.850. The number of nitrogens with zero attached hydrogens (tertiary/aromatic N) is 2. The first kappa shape index (κ1) is 8.53. The molecule has 2 bridgehead atoms. The number of hydrogen-bond acceptors (Lipinski definition) is 4. The van der Waals surface area contributed by atoms with Crippen LogP contribution in [0.1, 0.15) is 32.1 Å². The standard InChI is InChI=1S/C9H14N2O2/c12-10-8-3-1-6-5-7(8)2-4-9(6)11-13/h6-7,12-13H,1-5H2/b10-8+,11-9+. The van der Waals surface area contributed by atoms with Crippen molar-refractivity contribution >= 4 is 11.4 Å². The first-order chi connectivity index (χ1) is 6.35. The second-order valence-electron chi connectivity index (χ2n) is 3.89. The third-order valence-corrected chi connectivity index (χ3v) is 3.27. The molecule has 0 radical (unpaired) electrons. The minimum atomic E-state index is 0.425. The Labute approximate surface area is 76.9 Å². The van der Waals surface area contributed by atoms with Gasteiger partial charge in [-0.2, -0.15) is 0 Å². The molecular weight excluding hydrogens is 168 g/mol. The highest BCUT2D eigenvalue weighted by molar-refractivity contribution is 5.94. The summed E-state index contributed by atoms with van der Waals surface area (Å²) in [6, 6.07) is 0. The quantitative estimate of drug-likeness (QED) is 0.443. The fraction of sp³-hybridized carbons (Fsp3) is 0.778. The van der Waals surface area contributed by atoms with Crippen LogP contribution < -0.4 is 0 Å². The van der Waals surface area contributed by atoms with Crippen LogP contribution >= 0.6 is 0 Å². The van der Waals surface area contributed by atoms with E-state index in [2.05, 4.69) is 10.3 Å². The van der Waals surface area contributed by atoms with Crippen molar-refractivity contribution in [3.8, 4) is 0 Å². The van der Waals surface area contributed by atoms with Crippen LogP contribution in [-0.4, -0.2) is 21.8 Å². The maximum atomic E-state index is 8.73. The molecule has 2 N–H and O–H groups in total. The summed E-state index contributed by atoms with van der Waals surface area (Å²) in [7, 11) is 0. The van der Waals surface area contributed by atoms with Crippen molar-refractivity contribution in [2.24, 2.45) is 22.1 Å². The van der Waals surface area contributed by atoms with E-state index in [1.807, 2.05) is 0 Å². The molecule has 2 rings (SSSR count). The van der Waals surface area contributed by atoms with Gasteiger partial charge in [0.15, 0.2) is 0 Å². The van der Waals surface area contributed by atoms with Crippen molar-refractivity contribution < 1.29 is 10.4 Å². The molecule has 2 unspecified atom stereocenters. The first-order valence-corrected chi connectivity index (χ1v) is 4.76. The zero-order chi connectivity index (χ0) is 9.26. The fourth-order valence-electron chi connectivity index (χ4n) is 2.50. The SMILES string of the molecule is O/N=C1\CCC2CC1CC/C2=N\O. The van der Waals surface area contributed by atoms with Gasteiger partial charge in [-0.1, -0.05) is 10.3 Å². The van der Waals surface area contributed by atoms with Crippen LogP contribution in [0, 0.1) is 11.8 Å². The van der Waals surface area contributed by atoms with Crippen LogP contribution in [0.4, 0.5) is 0 Å². The molecule has 0 aromatic rings. The molecular formula is C9H14N2O2. The molecule has 72 valence electrons. The Morgan fingerprint density at radius 2 is 1.38 bits per heavy atom. The van der Waals surface area contributed by atoms with Gasteiger partial charge in [0.1, 0.15) is 0 Å². The van der Waals surface area contributed by atoms with Crippen molar-refractivity contribution in [1.29, 1.82) is 0 Å². The van der Waals surface area contributed by atoms with E-state index >= 15 is 0 Å². The van der Waals surface area contributed by atoms with Gasteiger partial charge in [0, 0.05) is 11.8 Å². The Morgan fingerprint density at radius 3 is 1.77 bits per heavy atom. The highest BCUT2D eigenvalue weighted by Gasteiger charge is 2.34. The highest BCUT2D eigenvalue weighted by atomic mass is 16.4. The Hall–Kier alpha value is -1.06. The molecule has 2 aliphatic carbocycles. The zero-order valence-electron chi connectivity index (χ0n) is 7.48. The lowest BCUT2D eigenvalue weighted by Crippen LogP contribution is -2.34. The first-order valence-electron chi connectivity index (χ1n) is 4.76. The van der Waals surface area contributed by atoms with E-state index in [1.54, 1.807) is 0 Å². The van der Waals surface area contributed by atoms with Crippen molar-refractivity contribution in [3.05, 3.63) is 0 Å². The topological polar surface area (TPSA) is 65.2 Å². The van der Waals surface area contributed by atoms with Gasteiger partial charge in [0.05, 0.1) is 11.4 Å². The van der Waals surface area contributed by atoms with Gasteiger partial charge in [-0.15, -0.1) is 0 Å². The maximum Gasteiger partial charge on any atom is 0.0602 e. The molecule has 0 saturated heterocycles. The summed E-state index contributed by atoms with van der Waals surface area (Å²) >= 11 is 0. The Bertz CT molecular complexity index is 234. The molecule has 0 aromatic heterocycles. The lowest BCUT2D eigenvalue weighted by molar-refractivity contribution is 0.288. The van der Waals surface area contributed by atoms with Crippen molar-refractivity contribution in [2.75, 3.05) is 0 Å². The molecule has 0 aromatic carbocycles. The van der Waals surface area contributed by atoms with Crippen LogP contribution in [0.15, 0.2) is 10.3 Å². The molecule has 13 heavy (non-hydrogen) atoms. The average Bonchev–Trinajstić information content (AvgIpc) is 2.19. The van der Waals surface area contributed by atoms with E-state index in [9.17, 15) is 0 Å². The van der Waals surface area contributed by atoms with Gasteiger partial charge >= 0.3 is 0 Å². The van der Waals surface area contributed by atoms with E-state index in [0.29, 0.717) is 11.8 Å². The van der Waals surface area contributed by atoms with Crippen LogP contribution in [-0.2, 0) is 0 Å². The summed E-state index contributed by atoms with van der Waals surface area (Å²) in [6.45, 7) is 0. The Balaban J connectivity index is 2.13. The van der Waals surface area contributed by atoms with Crippen LogP contribution in [0.2, 0.25) is 0 Å². The lowest BCUT2D eigenvalue weighted by Gasteiger charge is -2.34. The summed E-state index contributed by atoms with van der Waals surface area (Å²) < 4.78 is 0. The summed E-state index contributed by atoms with van der Waals surface area (Å²) in [6.07, 6.45) is 4.64. The van der Waals surface area contributed by atoms with Crippen molar-refractivity contribution in [2.45, 2.75) is 32.1 Å². The third kappa shape index (κ3) is 1.41. The summed E-state index contributed by atoms with van der Waals surface area (Å²) in [4.78, 5) is 0. The molecule has 4 nitrogen and oxygen atoms in total. The van der Waals surface area contributed by atoms with Crippen LogP contribution in [0.3, 0.4) is 0 Å². The van der Waals surface area contributed by atoms with Crippen molar-refractivity contribution in [3.63, 3.8) is 0 Å². The Kier molecular flexibility index (Phi) is 2.20. The van der Waals surface area contributed by atoms with Gasteiger partial charge in [-0.3, -0.25) is 0 Å². The number of hydrogen-bond donors (Lipinski definition) is 2. The summed E-state index contributed by atoms with van der Waals surface area (Å²) in [5.41, 5.74) is 1.88. The molecule has 0 amide bonds. The third-order valence-electron chi connectivity index (χ3n) is 3.27. The predicted molar refractivity (Wildman–Crippen MR) is 48.5 cm³/mol. The smallest absolute Gasteiger partial charge is 0.0602 e. The molecule has 0 heterocycles. The molecule has 2 fully saturated rings. The van der Waals surface area contributed by atoms with E-state index in [0.717, 1.165) is 43.5 Å². The van der Waals surface area contributed by atoms with E-state index in [4.69, 9.17) is 10.4 Å². The van der Waals surface area contributed by atoms with E-state index in [1.165, 1.54) is 0 Å². The second-order valence-corrected chi connectivity index (χ2v) is 3.89. The molecule has 0 spiro atoms. The van der Waals surface area contributed by atoms with Gasteiger partial charge in [0.25, 0.3) is 0 Å². The number of oxime groups is 2. The minimum Gasteiger partial charge on any atom is -0.411 e. The zero-order valence-corrected chi connectivity index (χ0v) is 7.48. The monoisotopic (exact) mass is 182 g/mol. The van der Waals surface area contributed by atoms with E-state index < -0.39 is 0 Å². The molecule has 2 saturated carbocycles. The van der Waals surface area contributed by atoms with Crippen molar-refractivity contribution in [1.82, 2.24) is 0 Å². The molecule has 2 atom stereocenters. The summed E-state index contributed by atoms with van der Waals surface area (Å²) in [5, 5.41) is 24.1. The lowest BCUT2D eigenvalue weighted by atomic mass is 9.70. The minimum absolute atomic E-state index is 0.425. The van der Waals surface area contributed by atoms with Gasteiger partial charge in [-0.25, -0.2) is 0 Å². The maximum absolute atomic E-state index is 8.73. The predicted octanol–water partition coefficient (Wildman–Crippen LogP) is 1.86. The molecule has 4 heteroatoms. The average molecular weight is 182 g/mol. The largest absolute Gasteiger partial charge is 0.411 e. The number of fused-ring (bicyclic) bond motifs is 2. The normalized spacial score (nSPS) is 39.7. The fourth-order valence-corrected chi connectivity index (χ4v) is 2.50. The Morgan fingerprint density at radius 1 is 0.923 bits per heavy atom. The van der Waals surface area contributed by atoms with Crippen LogP contribution in [0.5, 0.6) is 0 Å². The van der Waals surface area contributed by atoms with Gasteiger partial charge in [-0.05, 0) is 32.1 Å². The molecule has 0 aliphatic heterocycles. The molecule has 2 aliphatic rings. The van der Waals surface area contributed by atoms with Gasteiger partial charge < -0.3 is 10.4 Å². The van der Waals surface area contributed by atoms with E-state index in [-0.39, 0.29) is 0 Å².